The molecule has 17 heavy (non-hydrogen) atoms. The van der Waals surface area contributed by atoms with E-state index in [1.807, 2.05) is 42.5 Å². The molecule has 0 heterocycles. The molecule has 0 aromatic heterocycles. The minimum Gasteiger partial charge on any atom is -0.497 e. The van der Waals surface area contributed by atoms with Gasteiger partial charge in [-0.2, -0.15) is 0 Å². The van der Waals surface area contributed by atoms with Gasteiger partial charge < -0.3 is 9.47 Å². The van der Waals surface area contributed by atoms with Crippen LogP contribution in [0, 0.1) is 0 Å². The lowest BCUT2D eigenvalue weighted by molar-refractivity contribution is 0.305. The summed E-state index contributed by atoms with van der Waals surface area (Å²) in [6.45, 7) is 0.498. The third-order valence-electron chi connectivity index (χ3n) is 2.34. The Bertz CT molecular complexity index is 497. The highest BCUT2D eigenvalue weighted by Crippen LogP contribution is 2.19. The largest absolute Gasteiger partial charge is 0.497 e. The van der Waals surface area contributed by atoms with Crippen LogP contribution in [0.3, 0.4) is 0 Å². The summed E-state index contributed by atoms with van der Waals surface area (Å²) >= 11 is 5.87. The van der Waals surface area contributed by atoms with Crippen LogP contribution in [0.15, 0.2) is 48.5 Å². The molecule has 0 radical (unpaired) electrons. The maximum absolute atomic E-state index is 5.87. The molecule has 3 heteroatoms. The van der Waals surface area contributed by atoms with Crippen LogP contribution in [0.1, 0.15) is 5.56 Å². The molecule has 0 amide bonds. The van der Waals surface area contributed by atoms with Crippen molar-refractivity contribution in [2.45, 2.75) is 6.61 Å². The fraction of sp³-hybridized carbons (Fsp3) is 0.143. The van der Waals surface area contributed by atoms with Crippen LogP contribution in [-0.4, -0.2) is 7.11 Å². The number of hydrogen-bond acceptors (Lipinski definition) is 2. The van der Waals surface area contributed by atoms with E-state index in [0.717, 1.165) is 17.1 Å². The van der Waals surface area contributed by atoms with Gasteiger partial charge in [0, 0.05) is 5.02 Å². The fourth-order valence-corrected chi connectivity index (χ4v) is 1.67. The molecule has 2 nitrogen and oxygen atoms in total. The van der Waals surface area contributed by atoms with Crippen LogP contribution in [0.5, 0.6) is 11.5 Å². The maximum Gasteiger partial charge on any atom is 0.121 e. The Morgan fingerprint density at radius 3 is 2.53 bits per heavy atom. The zero-order valence-electron chi connectivity index (χ0n) is 9.52. The molecule has 2 aromatic rings. The van der Waals surface area contributed by atoms with E-state index in [0.29, 0.717) is 11.6 Å². The van der Waals surface area contributed by atoms with Crippen molar-refractivity contribution in [2.24, 2.45) is 0 Å². The Morgan fingerprint density at radius 2 is 1.76 bits per heavy atom. The molecule has 0 spiro atoms. The Kier molecular flexibility index (Phi) is 3.89. The minimum absolute atomic E-state index is 0.498. The van der Waals surface area contributed by atoms with Gasteiger partial charge >= 0.3 is 0 Å². The summed E-state index contributed by atoms with van der Waals surface area (Å²) in [5.74, 6) is 1.59. The minimum atomic E-state index is 0.498. The van der Waals surface area contributed by atoms with E-state index in [9.17, 15) is 0 Å². The second-order valence-corrected chi connectivity index (χ2v) is 4.03. The van der Waals surface area contributed by atoms with E-state index in [1.165, 1.54) is 0 Å². The van der Waals surface area contributed by atoms with E-state index in [4.69, 9.17) is 21.1 Å². The third kappa shape index (κ3) is 3.40. The van der Waals surface area contributed by atoms with Crippen LogP contribution in [0.4, 0.5) is 0 Å². The van der Waals surface area contributed by atoms with Gasteiger partial charge in [0.1, 0.15) is 18.1 Å². The van der Waals surface area contributed by atoms with E-state index in [-0.39, 0.29) is 0 Å². The van der Waals surface area contributed by atoms with Crippen molar-refractivity contribution < 1.29 is 9.47 Å². The predicted molar refractivity (Wildman–Crippen MR) is 68.8 cm³/mol. The molecular formula is C14H13ClO2. The lowest BCUT2D eigenvalue weighted by atomic mass is 10.2. The topological polar surface area (TPSA) is 18.5 Å². The fourth-order valence-electron chi connectivity index (χ4n) is 1.49. The molecule has 0 N–H and O–H groups in total. The van der Waals surface area contributed by atoms with Gasteiger partial charge in [-0.25, -0.2) is 0 Å². The van der Waals surface area contributed by atoms with Gasteiger partial charge in [0.15, 0.2) is 0 Å². The third-order valence-corrected chi connectivity index (χ3v) is 2.57. The molecule has 0 saturated carbocycles. The zero-order valence-corrected chi connectivity index (χ0v) is 10.3. The smallest absolute Gasteiger partial charge is 0.121 e. The molecule has 2 aromatic carbocycles. The number of ether oxygens (including phenoxy) is 2. The van der Waals surface area contributed by atoms with Crippen molar-refractivity contribution in [3.05, 3.63) is 59.1 Å². The van der Waals surface area contributed by atoms with Crippen LogP contribution in [0.2, 0.25) is 5.02 Å². The number of halogens is 1. The lowest BCUT2D eigenvalue weighted by Gasteiger charge is -2.07. The molecule has 0 saturated heterocycles. The molecule has 0 unspecified atom stereocenters. The van der Waals surface area contributed by atoms with Crippen molar-refractivity contribution >= 4 is 11.6 Å². The first-order valence-electron chi connectivity index (χ1n) is 5.29. The first kappa shape index (κ1) is 11.8. The van der Waals surface area contributed by atoms with Gasteiger partial charge in [0.2, 0.25) is 0 Å². The van der Waals surface area contributed by atoms with Crippen molar-refractivity contribution in [2.75, 3.05) is 7.11 Å². The highest BCUT2D eigenvalue weighted by molar-refractivity contribution is 6.30. The van der Waals surface area contributed by atoms with Gasteiger partial charge in [-0.3, -0.25) is 0 Å². The normalized spacial score (nSPS) is 10.0. The van der Waals surface area contributed by atoms with Crippen LogP contribution < -0.4 is 9.47 Å². The molecule has 0 atom stereocenters. The van der Waals surface area contributed by atoms with Gasteiger partial charge in [0.05, 0.1) is 7.11 Å². The van der Waals surface area contributed by atoms with Gasteiger partial charge in [-0.1, -0.05) is 29.8 Å². The van der Waals surface area contributed by atoms with Crippen molar-refractivity contribution in [3.8, 4) is 11.5 Å². The predicted octanol–water partition coefficient (Wildman–Crippen LogP) is 3.93. The second-order valence-electron chi connectivity index (χ2n) is 3.60. The first-order valence-corrected chi connectivity index (χ1v) is 5.67. The second kappa shape index (κ2) is 5.60. The maximum atomic E-state index is 5.87. The molecule has 0 aliphatic carbocycles. The standard InChI is InChI=1S/C14H13ClO2/c1-16-13-6-2-4-11(8-13)10-17-14-7-3-5-12(15)9-14/h2-9H,10H2,1H3. The Balaban J connectivity index is 2.02. The molecule has 0 aliphatic rings. The Hall–Kier alpha value is -1.67. The van der Waals surface area contributed by atoms with Crippen molar-refractivity contribution in [1.29, 1.82) is 0 Å². The van der Waals surface area contributed by atoms with Gasteiger partial charge in [-0.15, -0.1) is 0 Å². The van der Waals surface area contributed by atoms with Gasteiger partial charge in [0.25, 0.3) is 0 Å². The summed E-state index contributed by atoms with van der Waals surface area (Å²) in [4.78, 5) is 0. The van der Waals surface area contributed by atoms with E-state index >= 15 is 0 Å². The average Bonchev–Trinajstić information content (AvgIpc) is 2.37. The molecule has 2 rings (SSSR count). The summed E-state index contributed by atoms with van der Waals surface area (Å²) in [5, 5.41) is 0.674. The molecular weight excluding hydrogens is 236 g/mol. The Labute approximate surface area is 106 Å². The number of rotatable bonds is 4. The molecule has 0 bridgehead atoms. The van der Waals surface area contributed by atoms with Gasteiger partial charge in [-0.05, 0) is 35.9 Å². The highest BCUT2D eigenvalue weighted by Gasteiger charge is 1.98. The average molecular weight is 249 g/mol. The van der Waals surface area contributed by atoms with E-state index in [2.05, 4.69) is 0 Å². The summed E-state index contributed by atoms with van der Waals surface area (Å²) in [6, 6.07) is 15.1. The summed E-state index contributed by atoms with van der Waals surface area (Å²) < 4.78 is 10.8. The molecule has 0 aliphatic heterocycles. The van der Waals surface area contributed by atoms with E-state index < -0.39 is 0 Å². The van der Waals surface area contributed by atoms with Crippen LogP contribution in [0.25, 0.3) is 0 Å². The molecule has 0 fully saturated rings. The number of methoxy groups -OCH3 is 1. The van der Waals surface area contributed by atoms with Crippen molar-refractivity contribution in [1.82, 2.24) is 0 Å². The Morgan fingerprint density at radius 1 is 1.00 bits per heavy atom. The molecule has 88 valence electrons. The number of benzene rings is 2. The monoisotopic (exact) mass is 248 g/mol. The summed E-state index contributed by atoms with van der Waals surface area (Å²) in [5.41, 5.74) is 1.06. The van der Waals surface area contributed by atoms with Crippen LogP contribution >= 0.6 is 11.6 Å². The quantitative estimate of drug-likeness (QED) is 0.816. The summed E-state index contributed by atoms with van der Waals surface area (Å²) in [7, 11) is 1.65. The first-order chi connectivity index (χ1) is 8.28. The van der Waals surface area contributed by atoms with Crippen molar-refractivity contribution in [3.63, 3.8) is 0 Å². The van der Waals surface area contributed by atoms with E-state index in [1.54, 1.807) is 13.2 Å². The lowest BCUT2D eigenvalue weighted by Crippen LogP contribution is -1.95. The van der Waals surface area contributed by atoms with Crippen LogP contribution in [-0.2, 0) is 6.61 Å². The zero-order chi connectivity index (χ0) is 12.1. The number of hydrogen-bond donors (Lipinski definition) is 0. The summed E-state index contributed by atoms with van der Waals surface area (Å²) in [6.07, 6.45) is 0. The highest BCUT2D eigenvalue weighted by atomic mass is 35.5. The SMILES string of the molecule is COc1cccc(COc2cccc(Cl)c2)c1.